The van der Waals surface area contributed by atoms with Crippen molar-refractivity contribution in [1.29, 1.82) is 5.26 Å². The van der Waals surface area contributed by atoms with Gasteiger partial charge in [-0.3, -0.25) is 4.79 Å². The van der Waals surface area contributed by atoms with Gasteiger partial charge in [0.15, 0.2) is 0 Å². The Labute approximate surface area is 126 Å². The molecule has 0 atom stereocenters. The number of para-hydroxylation sites is 1. The first-order valence-electron chi connectivity index (χ1n) is 6.21. The summed E-state index contributed by atoms with van der Waals surface area (Å²) in [6.07, 6.45) is 1.73. The quantitative estimate of drug-likeness (QED) is 0.938. The number of halogens is 1. The van der Waals surface area contributed by atoms with E-state index >= 15 is 0 Å². The Hall–Kier alpha value is -2.06. The van der Waals surface area contributed by atoms with E-state index in [0.717, 1.165) is 10.2 Å². The van der Waals surface area contributed by atoms with Crippen LogP contribution in [0.25, 0.3) is 5.69 Å². The molecule has 102 valence electrons. The van der Waals surface area contributed by atoms with Crippen molar-refractivity contribution in [2.75, 3.05) is 0 Å². The van der Waals surface area contributed by atoms with Crippen LogP contribution in [0.4, 0.5) is 0 Å². The standard InChI is InChI=1S/C15H14BrN3O/c1-10(2)18-15(20)14-11(9-17)7-8-19(14)13-6-4-3-5-12(13)16/h3-8,10H,1-2H3,(H,18,20). The van der Waals surface area contributed by atoms with Crippen LogP contribution < -0.4 is 5.32 Å². The summed E-state index contributed by atoms with van der Waals surface area (Å²) in [7, 11) is 0. The molecule has 1 N–H and O–H groups in total. The lowest BCUT2D eigenvalue weighted by molar-refractivity contribution is 0.0936. The average molecular weight is 332 g/mol. The number of rotatable bonds is 3. The molecular weight excluding hydrogens is 318 g/mol. The molecule has 1 heterocycles. The normalized spacial score (nSPS) is 10.3. The van der Waals surface area contributed by atoms with Gasteiger partial charge in [-0.1, -0.05) is 12.1 Å². The van der Waals surface area contributed by atoms with Gasteiger partial charge in [0, 0.05) is 16.7 Å². The van der Waals surface area contributed by atoms with Crippen molar-refractivity contribution in [2.24, 2.45) is 0 Å². The summed E-state index contributed by atoms with van der Waals surface area (Å²) in [5.74, 6) is -0.252. The number of carbonyl (C=O) groups excluding carboxylic acids is 1. The molecule has 0 saturated heterocycles. The van der Waals surface area contributed by atoms with E-state index in [9.17, 15) is 10.1 Å². The molecule has 0 aliphatic rings. The van der Waals surface area contributed by atoms with E-state index in [-0.39, 0.29) is 11.9 Å². The minimum Gasteiger partial charge on any atom is -0.349 e. The Balaban J connectivity index is 2.56. The molecule has 0 radical (unpaired) electrons. The van der Waals surface area contributed by atoms with E-state index in [4.69, 9.17) is 0 Å². The zero-order valence-corrected chi connectivity index (χ0v) is 12.8. The van der Waals surface area contributed by atoms with Gasteiger partial charge in [-0.2, -0.15) is 5.26 Å². The number of carbonyl (C=O) groups is 1. The molecule has 1 aromatic carbocycles. The van der Waals surface area contributed by atoms with Gasteiger partial charge in [0.2, 0.25) is 0 Å². The Morgan fingerprint density at radius 3 is 2.65 bits per heavy atom. The van der Waals surface area contributed by atoms with Crippen LogP contribution in [0.3, 0.4) is 0 Å². The second-order valence-electron chi connectivity index (χ2n) is 4.64. The third-order valence-corrected chi connectivity index (χ3v) is 3.42. The summed E-state index contributed by atoms with van der Waals surface area (Å²) in [5, 5.41) is 12.0. The summed E-state index contributed by atoms with van der Waals surface area (Å²) in [6, 6.07) is 11.3. The first kappa shape index (κ1) is 14.4. The zero-order chi connectivity index (χ0) is 14.7. The number of aromatic nitrogens is 1. The predicted octanol–water partition coefficient (Wildman–Crippen LogP) is 3.25. The van der Waals surface area contributed by atoms with Gasteiger partial charge < -0.3 is 9.88 Å². The maximum absolute atomic E-state index is 12.3. The topological polar surface area (TPSA) is 57.8 Å². The predicted molar refractivity (Wildman–Crippen MR) is 80.8 cm³/mol. The van der Waals surface area contributed by atoms with E-state index in [0.29, 0.717) is 11.3 Å². The summed E-state index contributed by atoms with van der Waals surface area (Å²) in [5.41, 5.74) is 1.54. The number of nitrogens with zero attached hydrogens (tertiary/aromatic N) is 2. The lowest BCUT2D eigenvalue weighted by Crippen LogP contribution is -2.32. The fraction of sp³-hybridized carbons (Fsp3) is 0.200. The lowest BCUT2D eigenvalue weighted by Gasteiger charge is -2.13. The third-order valence-electron chi connectivity index (χ3n) is 2.75. The highest BCUT2D eigenvalue weighted by molar-refractivity contribution is 9.10. The van der Waals surface area contributed by atoms with Gasteiger partial charge in [-0.25, -0.2) is 0 Å². The molecule has 0 aliphatic heterocycles. The monoisotopic (exact) mass is 331 g/mol. The largest absolute Gasteiger partial charge is 0.349 e. The summed E-state index contributed by atoms with van der Waals surface area (Å²) < 4.78 is 2.58. The first-order chi connectivity index (χ1) is 9.54. The smallest absolute Gasteiger partial charge is 0.269 e. The van der Waals surface area contributed by atoms with Crippen LogP contribution >= 0.6 is 15.9 Å². The van der Waals surface area contributed by atoms with Gasteiger partial charge in [-0.05, 0) is 48.0 Å². The van der Waals surface area contributed by atoms with E-state index in [1.807, 2.05) is 38.1 Å². The lowest BCUT2D eigenvalue weighted by atomic mass is 10.2. The highest BCUT2D eigenvalue weighted by Gasteiger charge is 2.19. The Bertz CT molecular complexity index is 683. The van der Waals surface area contributed by atoms with Crippen molar-refractivity contribution >= 4 is 21.8 Å². The molecular formula is C15H14BrN3O. The molecule has 0 fully saturated rings. The van der Waals surface area contributed by atoms with E-state index in [1.165, 1.54) is 0 Å². The van der Waals surface area contributed by atoms with Gasteiger partial charge in [0.25, 0.3) is 5.91 Å². The molecule has 0 bridgehead atoms. The Morgan fingerprint density at radius 2 is 2.05 bits per heavy atom. The second-order valence-corrected chi connectivity index (χ2v) is 5.49. The first-order valence-corrected chi connectivity index (χ1v) is 7.01. The van der Waals surface area contributed by atoms with E-state index < -0.39 is 0 Å². The fourth-order valence-electron chi connectivity index (χ4n) is 1.93. The van der Waals surface area contributed by atoms with Crippen LogP contribution in [0.2, 0.25) is 0 Å². The summed E-state index contributed by atoms with van der Waals surface area (Å²) in [6.45, 7) is 3.77. The van der Waals surface area contributed by atoms with Crippen LogP contribution in [-0.4, -0.2) is 16.5 Å². The second kappa shape index (κ2) is 5.93. The maximum Gasteiger partial charge on any atom is 0.269 e. The van der Waals surface area contributed by atoms with Crippen LogP contribution in [0.1, 0.15) is 29.9 Å². The fourth-order valence-corrected chi connectivity index (χ4v) is 2.41. The molecule has 5 heteroatoms. The SMILES string of the molecule is CC(C)NC(=O)c1c(C#N)ccn1-c1ccccc1Br. The molecule has 0 saturated carbocycles. The average Bonchev–Trinajstić information content (AvgIpc) is 2.82. The van der Waals surface area contributed by atoms with Gasteiger partial charge in [-0.15, -0.1) is 0 Å². The van der Waals surface area contributed by atoms with E-state index in [1.54, 1.807) is 16.8 Å². The molecule has 2 rings (SSSR count). The zero-order valence-electron chi connectivity index (χ0n) is 11.2. The van der Waals surface area contributed by atoms with Crippen molar-refractivity contribution in [3.8, 4) is 11.8 Å². The van der Waals surface area contributed by atoms with Crippen molar-refractivity contribution < 1.29 is 4.79 Å². The molecule has 1 aromatic heterocycles. The highest BCUT2D eigenvalue weighted by atomic mass is 79.9. The molecule has 1 amide bonds. The Morgan fingerprint density at radius 1 is 1.35 bits per heavy atom. The number of amides is 1. The van der Waals surface area contributed by atoms with Crippen molar-refractivity contribution in [3.63, 3.8) is 0 Å². The van der Waals surface area contributed by atoms with Crippen molar-refractivity contribution in [2.45, 2.75) is 19.9 Å². The van der Waals surface area contributed by atoms with E-state index in [2.05, 4.69) is 27.3 Å². The molecule has 20 heavy (non-hydrogen) atoms. The van der Waals surface area contributed by atoms with Crippen LogP contribution in [-0.2, 0) is 0 Å². The van der Waals surface area contributed by atoms with Crippen molar-refractivity contribution in [3.05, 3.63) is 52.3 Å². The van der Waals surface area contributed by atoms with Crippen molar-refractivity contribution in [1.82, 2.24) is 9.88 Å². The summed E-state index contributed by atoms with van der Waals surface area (Å²) in [4.78, 5) is 12.3. The molecule has 4 nitrogen and oxygen atoms in total. The third kappa shape index (κ3) is 2.75. The minimum atomic E-state index is -0.252. The van der Waals surface area contributed by atoms with Crippen LogP contribution in [0.5, 0.6) is 0 Å². The highest BCUT2D eigenvalue weighted by Crippen LogP contribution is 2.24. The molecule has 2 aromatic rings. The summed E-state index contributed by atoms with van der Waals surface area (Å²) >= 11 is 3.46. The molecule has 0 spiro atoms. The van der Waals surface area contributed by atoms with Crippen LogP contribution in [0.15, 0.2) is 41.0 Å². The Kier molecular flexibility index (Phi) is 4.26. The van der Waals surface area contributed by atoms with Gasteiger partial charge in [0.1, 0.15) is 11.8 Å². The number of hydrogen-bond acceptors (Lipinski definition) is 2. The van der Waals surface area contributed by atoms with Crippen LogP contribution in [0, 0.1) is 11.3 Å². The molecule has 0 unspecified atom stereocenters. The van der Waals surface area contributed by atoms with Gasteiger partial charge >= 0.3 is 0 Å². The number of nitrogens with one attached hydrogen (secondary N) is 1. The number of benzene rings is 1. The molecule has 0 aliphatic carbocycles. The number of nitriles is 1. The number of hydrogen-bond donors (Lipinski definition) is 1. The minimum absolute atomic E-state index is 0.0107. The van der Waals surface area contributed by atoms with Gasteiger partial charge in [0.05, 0.1) is 11.3 Å². The maximum atomic E-state index is 12.3.